The summed E-state index contributed by atoms with van der Waals surface area (Å²) in [6.07, 6.45) is 2.30. The molecule has 0 spiro atoms. The molecule has 3 rings (SSSR count). The smallest absolute Gasteiger partial charge is 0.323 e. The summed E-state index contributed by atoms with van der Waals surface area (Å²) in [6.45, 7) is 0. The highest BCUT2D eigenvalue weighted by Gasteiger charge is 2.29. The van der Waals surface area contributed by atoms with Crippen LogP contribution in [0.3, 0.4) is 0 Å². The third kappa shape index (κ3) is 3.31. The van der Waals surface area contributed by atoms with Gasteiger partial charge in [-0.3, -0.25) is 4.79 Å². The molecule has 0 saturated heterocycles. The first-order valence-electron chi connectivity index (χ1n) is 6.58. The van der Waals surface area contributed by atoms with Crippen LogP contribution in [0.15, 0.2) is 28.6 Å². The predicted octanol–water partition coefficient (Wildman–Crippen LogP) is 2.68. The van der Waals surface area contributed by atoms with E-state index in [1.54, 1.807) is 23.1 Å². The van der Waals surface area contributed by atoms with E-state index in [4.69, 9.17) is 4.74 Å². The molecule has 0 radical (unpaired) electrons. The van der Waals surface area contributed by atoms with Gasteiger partial charge in [0.2, 0.25) is 0 Å². The molecule has 1 aromatic heterocycles. The van der Waals surface area contributed by atoms with Crippen molar-refractivity contribution in [3.8, 4) is 0 Å². The molecule has 1 aromatic carbocycles. The van der Waals surface area contributed by atoms with E-state index >= 15 is 0 Å². The number of hydrogen-bond acceptors (Lipinski definition) is 6. The minimum atomic E-state index is -0.246. The standard InChI is InChI=1S/C14H16N2O2S2/c1-18-13(17)11(15-9-6-7-9)8-19-14-16-10-4-2-3-5-12(10)20-14/h2-5,9,11,15H,6-8H2,1H3. The van der Waals surface area contributed by atoms with Crippen molar-refractivity contribution in [3.05, 3.63) is 24.3 Å². The zero-order chi connectivity index (χ0) is 13.9. The fourth-order valence-corrected chi connectivity index (χ4v) is 4.04. The van der Waals surface area contributed by atoms with Gasteiger partial charge in [0.15, 0.2) is 4.34 Å². The van der Waals surface area contributed by atoms with E-state index in [1.807, 2.05) is 18.2 Å². The molecule has 1 aliphatic carbocycles. The number of thiazole rings is 1. The third-order valence-electron chi connectivity index (χ3n) is 3.15. The van der Waals surface area contributed by atoms with Gasteiger partial charge in [0.25, 0.3) is 0 Å². The predicted molar refractivity (Wildman–Crippen MR) is 82.3 cm³/mol. The number of para-hydroxylation sites is 1. The first kappa shape index (κ1) is 13.9. The first-order chi connectivity index (χ1) is 9.76. The third-order valence-corrected chi connectivity index (χ3v) is 5.42. The zero-order valence-electron chi connectivity index (χ0n) is 11.2. The van der Waals surface area contributed by atoms with Crippen LogP contribution in [0.2, 0.25) is 0 Å². The average molecular weight is 308 g/mol. The Morgan fingerprint density at radius 1 is 1.55 bits per heavy atom. The maximum absolute atomic E-state index is 11.8. The van der Waals surface area contributed by atoms with Crippen molar-refractivity contribution in [2.45, 2.75) is 29.3 Å². The number of carbonyl (C=O) groups is 1. The number of nitrogens with one attached hydrogen (secondary N) is 1. The van der Waals surface area contributed by atoms with E-state index in [-0.39, 0.29) is 12.0 Å². The molecule has 0 aliphatic heterocycles. The Balaban J connectivity index is 1.64. The van der Waals surface area contributed by atoms with Gasteiger partial charge in [0, 0.05) is 11.8 Å². The van der Waals surface area contributed by atoms with Gasteiger partial charge in [-0.25, -0.2) is 4.98 Å². The number of rotatable bonds is 6. The van der Waals surface area contributed by atoms with Gasteiger partial charge in [0.05, 0.1) is 17.3 Å². The van der Waals surface area contributed by atoms with E-state index in [0.717, 1.165) is 22.7 Å². The lowest BCUT2D eigenvalue weighted by molar-refractivity contribution is -0.142. The molecular weight excluding hydrogens is 292 g/mol. The Morgan fingerprint density at radius 3 is 3.05 bits per heavy atom. The van der Waals surface area contributed by atoms with Gasteiger partial charge >= 0.3 is 5.97 Å². The minimum Gasteiger partial charge on any atom is -0.468 e. The Kier molecular flexibility index (Phi) is 4.24. The lowest BCUT2D eigenvalue weighted by Crippen LogP contribution is -2.40. The summed E-state index contributed by atoms with van der Waals surface area (Å²) in [4.78, 5) is 16.3. The molecule has 1 unspecified atom stereocenters. The maximum Gasteiger partial charge on any atom is 0.323 e. The van der Waals surface area contributed by atoms with Crippen LogP contribution in [0.4, 0.5) is 0 Å². The van der Waals surface area contributed by atoms with Gasteiger partial charge in [-0.05, 0) is 25.0 Å². The van der Waals surface area contributed by atoms with Crippen molar-refractivity contribution < 1.29 is 9.53 Å². The normalized spacial score (nSPS) is 16.2. The highest BCUT2D eigenvalue weighted by molar-refractivity contribution is 8.01. The summed E-state index contributed by atoms with van der Waals surface area (Å²) in [6, 6.07) is 8.32. The number of fused-ring (bicyclic) bond motifs is 1. The second-order valence-corrected chi connectivity index (χ2v) is 7.07. The van der Waals surface area contributed by atoms with Gasteiger partial charge in [0.1, 0.15) is 6.04 Å². The number of methoxy groups -OCH3 is 1. The van der Waals surface area contributed by atoms with Crippen molar-refractivity contribution in [1.82, 2.24) is 10.3 Å². The molecular formula is C14H16N2O2S2. The van der Waals surface area contributed by atoms with Crippen LogP contribution in [-0.4, -0.2) is 35.9 Å². The largest absolute Gasteiger partial charge is 0.468 e. The van der Waals surface area contributed by atoms with Crippen LogP contribution >= 0.6 is 23.1 Å². The summed E-state index contributed by atoms with van der Waals surface area (Å²) in [5, 5.41) is 3.33. The molecule has 1 fully saturated rings. The fourth-order valence-electron chi connectivity index (χ4n) is 1.93. The van der Waals surface area contributed by atoms with E-state index in [2.05, 4.69) is 16.4 Å². The van der Waals surface area contributed by atoms with Crippen molar-refractivity contribution >= 4 is 39.3 Å². The molecule has 20 heavy (non-hydrogen) atoms. The Morgan fingerprint density at radius 2 is 2.35 bits per heavy atom. The molecule has 0 bridgehead atoms. The topological polar surface area (TPSA) is 51.2 Å². The van der Waals surface area contributed by atoms with Gasteiger partial charge in [-0.2, -0.15) is 0 Å². The zero-order valence-corrected chi connectivity index (χ0v) is 12.8. The average Bonchev–Trinajstić information content (AvgIpc) is 3.19. The number of benzene rings is 1. The molecule has 6 heteroatoms. The molecule has 0 amide bonds. The quantitative estimate of drug-likeness (QED) is 0.657. The van der Waals surface area contributed by atoms with E-state index in [1.165, 1.54) is 11.8 Å². The highest BCUT2D eigenvalue weighted by atomic mass is 32.2. The summed E-state index contributed by atoms with van der Waals surface area (Å²) >= 11 is 3.28. The summed E-state index contributed by atoms with van der Waals surface area (Å²) in [5.74, 6) is 0.466. The Bertz CT molecular complexity index is 577. The van der Waals surface area contributed by atoms with Gasteiger partial charge in [-0.15, -0.1) is 11.3 Å². The molecule has 1 saturated carbocycles. The molecule has 1 aliphatic rings. The summed E-state index contributed by atoms with van der Waals surface area (Å²) < 4.78 is 7.03. The van der Waals surface area contributed by atoms with E-state index in [0.29, 0.717) is 11.8 Å². The van der Waals surface area contributed by atoms with Crippen LogP contribution in [-0.2, 0) is 9.53 Å². The SMILES string of the molecule is COC(=O)C(CSc1nc2ccccc2s1)NC1CC1. The highest BCUT2D eigenvalue weighted by Crippen LogP contribution is 2.30. The molecule has 1 atom stereocenters. The fraction of sp³-hybridized carbons (Fsp3) is 0.429. The molecule has 1 N–H and O–H groups in total. The van der Waals surface area contributed by atoms with Crippen LogP contribution in [0.1, 0.15) is 12.8 Å². The van der Waals surface area contributed by atoms with E-state index < -0.39 is 0 Å². The number of esters is 1. The van der Waals surface area contributed by atoms with E-state index in [9.17, 15) is 4.79 Å². The number of nitrogens with zero attached hydrogens (tertiary/aromatic N) is 1. The number of thioether (sulfide) groups is 1. The lowest BCUT2D eigenvalue weighted by Gasteiger charge is -2.14. The van der Waals surface area contributed by atoms with Gasteiger partial charge in [-0.1, -0.05) is 23.9 Å². The number of carbonyl (C=O) groups excluding carboxylic acids is 1. The number of aromatic nitrogens is 1. The Hall–Kier alpha value is -1.11. The lowest BCUT2D eigenvalue weighted by atomic mass is 10.3. The number of ether oxygens (including phenoxy) is 1. The van der Waals surface area contributed by atoms with Crippen LogP contribution < -0.4 is 5.32 Å². The summed E-state index contributed by atoms with van der Waals surface area (Å²) in [5.41, 5.74) is 1.02. The first-order valence-corrected chi connectivity index (χ1v) is 8.38. The molecule has 106 valence electrons. The van der Waals surface area contributed by atoms with Crippen LogP contribution in [0, 0.1) is 0 Å². The van der Waals surface area contributed by atoms with Crippen molar-refractivity contribution in [3.63, 3.8) is 0 Å². The molecule has 1 heterocycles. The van der Waals surface area contributed by atoms with Crippen molar-refractivity contribution in [2.24, 2.45) is 0 Å². The summed E-state index contributed by atoms with van der Waals surface area (Å²) in [7, 11) is 1.44. The van der Waals surface area contributed by atoms with Gasteiger partial charge < -0.3 is 10.1 Å². The molecule has 4 nitrogen and oxygen atoms in total. The monoisotopic (exact) mass is 308 g/mol. The second kappa shape index (κ2) is 6.11. The second-order valence-electron chi connectivity index (χ2n) is 4.78. The molecule has 2 aromatic rings. The van der Waals surface area contributed by atoms with Crippen LogP contribution in [0.5, 0.6) is 0 Å². The maximum atomic E-state index is 11.8. The number of hydrogen-bond donors (Lipinski definition) is 1. The van der Waals surface area contributed by atoms with Crippen molar-refractivity contribution in [2.75, 3.05) is 12.9 Å². The Labute approximate surface area is 125 Å². The van der Waals surface area contributed by atoms with Crippen LogP contribution in [0.25, 0.3) is 10.2 Å². The minimum absolute atomic E-state index is 0.189. The van der Waals surface area contributed by atoms with Crippen molar-refractivity contribution in [1.29, 1.82) is 0 Å².